The fourth-order valence-electron chi connectivity index (χ4n) is 2.13. The molecule has 0 aromatic heterocycles. The summed E-state index contributed by atoms with van der Waals surface area (Å²) in [6.07, 6.45) is 0.670. The predicted molar refractivity (Wildman–Crippen MR) is 102 cm³/mol. The van der Waals surface area contributed by atoms with Crippen molar-refractivity contribution in [2.75, 3.05) is 11.5 Å². The number of nitro groups is 2. The molecule has 136 valence electrons. The first-order valence-corrected chi connectivity index (χ1v) is 9.56. The van der Waals surface area contributed by atoms with Crippen molar-refractivity contribution in [2.24, 2.45) is 0 Å². The second-order valence-corrected chi connectivity index (χ2v) is 7.43. The molecule has 0 bridgehead atoms. The van der Waals surface area contributed by atoms with Crippen molar-refractivity contribution in [2.45, 2.75) is 16.2 Å². The topological polar surface area (TPSA) is 134 Å². The van der Waals surface area contributed by atoms with E-state index < -0.39 is 9.85 Å². The Hall–Kier alpha value is -3.08. The molecule has 2 aromatic rings. The zero-order valence-corrected chi connectivity index (χ0v) is 15.5. The largest absolute Gasteiger partial charge is 0.284 e. The van der Waals surface area contributed by atoms with Crippen LogP contribution in [0.2, 0.25) is 0 Å². The average Bonchev–Trinajstić information content (AvgIpc) is 2.67. The summed E-state index contributed by atoms with van der Waals surface area (Å²) in [5.74, 6) is 1.17. The molecule has 0 aliphatic rings. The number of hydrogen-bond donors (Lipinski definition) is 0. The summed E-state index contributed by atoms with van der Waals surface area (Å²) in [6, 6.07) is 12.4. The molecule has 10 heteroatoms. The molecule has 0 amide bonds. The highest BCUT2D eigenvalue weighted by Crippen LogP contribution is 2.33. The van der Waals surface area contributed by atoms with Gasteiger partial charge >= 0.3 is 0 Å². The molecule has 0 saturated carbocycles. The summed E-state index contributed by atoms with van der Waals surface area (Å²) in [6.45, 7) is 0. The van der Waals surface area contributed by atoms with Crippen LogP contribution in [0.4, 0.5) is 11.4 Å². The van der Waals surface area contributed by atoms with Crippen molar-refractivity contribution >= 4 is 34.9 Å². The Morgan fingerprint density at radius 1 is 0.815 bits per heavy atom. The van der Waals surface area contributed by atoms with Crippen molar-refractivity contribution < 1.29 is 9.85 Å². The molecule has 0 radical (unpaired) electrons. The highest BCUT2D eigenvalue weighted by atomic mass is 32.2. The molecular formula is C17H12N4O4S2. The van der Waals surface area contributed by atoms with Gasteiger partial charge in [-0.15, -0.1) is 23.5 Å². The second kappa shape index (κ2) is 9.57. The third-order valence-electron chi connectivity index (χ3n) is 3.37. The summed E-state index contributed by atoms with van der Waals surface area (Å²) in [5.41, 5.74) is 0.258. The number of thioether (sulfide) groups is 2. The van der Waals surface area contributed by atoms with Gasteiger partial charge in [-0.25, -0.2) is 0 Å². The van der Waals surface area contributed by atoms with E-state index in [0.717, 1.165) is 0 Å². The number of nitro benzene ring substituents is 2. The molecule has 0 heterocycles. The lowest BCUT2D eigenvalue weighted by atomic mass is 10.2. The molecule has 8 nitrogen and oxygen atoms in total. The zero-order valence-electron chi connectivity index (χ0n) is 13.8. The minimum absolute atomic E-state index is 0.102. The standard InChI is InChI=1S/C17H12N4O4S2/c18-10-12-2-4-16(14(8-12)20(22)23)26-6-1-7-27-17-5-3-13(11-19)9-15(17)21(24)25/h2-5,8-9H,1,6-7H2. The van der Waals surface area contributed by atoms with E-state index in [0.29, 0.717) is 27.7 Å². The van der Waals surface area contributed by atoms with E-state index >= 15 is 0 Å². The molecule has 0 spiro atoms. The Labute approximate surface area is 163 Å². The van der Waals surface area contributed by atoms with Gasteiger partial charge in [0, 0.05) is 12.1 Å². The number of rotatable bonds is 8. The van der Waals surface area contributed by atoms with E-state index in [-0.39, 0.29) is 22.5 Å². The quantitative estimate of drug-likeness (QED) is 0.273. The molecule has 2 aromatic carbocycles. The van der Waals surface area contributed by atoms with Gasteiger partial charge in [0.2, 0.25) is 0 Å². The minimum Gasteiger partial charge on any atom is -0.258 e. The molecule has 2 rings (SSSR count). The van der Waals surface area contributed by atoms with Crippen molar-refractivity contribution in [1.82, 2.24) is 0 Å². The molecule has 27 heavy (non-hydrogen) atoms. The van der Waals surface area contributed by atoms with Gasteiger partial charge in [0.25, 0.3) is 11.4 Å². The Morgan fingerprint density at radius 2 is 1.22 bits per heavy atom. The van der Waals surface area contributed by atoms with Gasteiger partial charge in [-0.3, -0.25) is 20.2 Å². The van der Waals surface area contributed by atoms with Crippen molar-refractivity contribution in [3.8, 4) is 12.1 Å². The van der Waals surface area contributed by atoms with Crippen LogP contribution in [0, 0.1) is 42.9 Å². The zero-order chi connectivity index (χ0) is 19.8. The third-order valence-corrected chi connectivity index (χ3v) is 5.67. The van der Waals surface area contributed by atoms with Crippen LogP contribution in [0.5, 0.6) is 0 Å². The van der Waals surface area contributed by atoms with Gasteiger partial charge in [0.05, 0.1) is 42.9 Å². The first-order valence-electron chi connectivity index (χ1n) is 7.59. The molecular weight excluding hydrogens is 388 g/mol. The van der Waals surface area contributed by atoms with Crippen LogP contribution < -0.4 is 0 Å². The van der Waals surface area contributed by atoms with Crippen LogP contribution in [0.25, 0.3) is 0 Å². The number of benzene rings is 2. The van der Waals surface area contributed by atoms with Crippen LogP contribution in [0.15, 0.2) is 46.2 Å². The van der Waals surface area contributed by atoms with Crippen LogP contribution in [-0.2, 0) is 0 Å². The van der Waals surface area contributed by atoms with Crippen molar-refractivity contribution in [3.63, 3.8) is 0 Å². The molecule has 0 atom stereocenters. The smallest absolute Gasteiger partial charge is 0.258 e. The summed E-state index contributed by atoms with van der Waals surface area (Å²) >= 11 is 2.61. The van der Waals surface area contributed by atoms with E-state index in [1.807, 2.05) is 12.1 Å². The molecule has 0 aliphatic carbocycles. The lowest BCUT2D eigenvalue weighted by Gasteiger charge is -2.05. The maximum atomic E-state index is 11.1. The van der Waals surface area contributed by atoms with E-state index in [9.17, 15) is 20.2 Å². The minimum atomic E-state index is -0.516. The van der Waals surface area contributed by atoms with Gasteiger partial charge in [0.1, 0.15) is 0 Å². The molecule has 0 N–H and O–H groups in total. The molecule has 0 unspecified atom stereocenters. The van der Waals surface area contributed by atoms with Gasteiger partial charge < -0.3 is 0 Å². The summed E-state index contributed by atoms with van der Waals surface area (Å²) in [4.78, 5) is 22.1. The number of nitriles is 2. The maximum absolute atomic E-state index is 11.1. The fourth-order valence-corrected chi connectivity index (χ4v) is 4.22. The highest BCUT2D eigenvalue weighted by Gasteiger charge is 2.16. The number of nitrogens with zero attached hydrogens (tertiary/aromatic N) is 4. The lowest BCUT2D eigenvalue weighted by molar-refractivity contribution is -0.387. The summed E-state index contributed by atoms with van der Waals surface area (Å²) < 4.78 is 0. The summed E-state index contributed by atoms with van der Waals surface area (Å²) in [5, 5.41) is 39.9. The molecule has 0 aliphatic heterocycles. The van der Waals surface area contributed by atoms with E-state index in [2.05, 4.69) is 0 Å². The third kappa shape index (κ3) is 5.45. The molecule has 0 fully saturated rings. The highest BCUT2D eigenvalue weighted by molar-refractivity contribution is 8.00. The van der Waals surface area contributed by atoms with Crippen molar-refractivity contribution in [1.29, 1.82) is 10.5 Å². The van der Waals surface area contributed by atoms with Gasteiger partial charge in [0.15, 0.2) is 0 Å². The predicted octanol–water partition coefficient (Wildman–Crippen LogP) is 4.52. The van der Waals surface area contributed by atoms with Crippen LogP contribution in [-0.4, -0.2) is 21.4 Å². The van der Waals surface area contributed by atoms with Crippen LogP contribution in [0.3, 0.4) is 0 Å². The maximum Gasteiger partial charge on any atom is 0.284 e. The molecule has 0 saturated heterocycles. The van der Waals surface area contributed by atoms with Crippen LogP contribution in [0.1, 0.15) is 17.5 Å². The SMILES string of the molecule is N#Cc1ccc(SCCCSc2ccc(C#N)cc2[N+](=O)[O-])c([N+](=O)[O-])c1. The van der Waals surface area contributed by atoms with Crippen molar-refractivity contribution in [3.05, 3.63) is 67.8 Å². The Bertz CT molecular complexity index is 889. The van der Waals surface area contributed by atoms with Gasteiger partial charge in [-0.1, -0.05) is 0 Å². The summed E-state index contributed by atoms with van der Waals surface area (Å²) in [7, 11) is 0. The first kappa shape index (κ1) is 20.2. The lowest BCUT2D eigenvalue weighted by Crippen LogP contribution is -1.94. The first-order chi connectivity index (χ1) is 13.0. The Balaban J connectivity index is 1.94. The van der Waals surface area contributed by atoms with Crippen LogP contribution >= 0.6 is 23.5 Å². The van der Waals surface area contributed by atoms with Gasteiger partial charge in [-0.05, 0) is 42.2 Å². The Morgan fingerprint density at radius 3 is 1.56 bits per heavy atom. The monoisotopic (exact) mass is 400 g/mol. The van der Waals surface area contributed by atoms with E-state index in [1.54, 1.807) is 12.1 Å². The number of hydrogen-bond acceptors (Lipinski definition) is 8. The second-order valence-electron chi connectivity index (χ2n) is 5.15. The van der Waals surface area contributed by atoms with Gasteiger partial charge in [-0.2, -0.15) is 10.5 Å². The fraction of sp³-hybridized carbons (Fsp3) is 0.176. The van der Waals surface area contributed by atoms with E-state index in [4.69, 9.17) is 10.5 Å². The Kier molecular flexibility index (Phi) is 7.17. The normalized spacial score (nSPS) is 10.0. The van der Waals surface area contributed by atoms with E-state index in [1.165, 1.54) is 47.8 Å². The average molecular weight is 400 g/mol.